The lowest BCUT2D eigenvalue weighted by Gasteiger charge is -2.21. The second-order valence-electron chi connectivity index (χ2n) is 7.46. The molecule has 2 aromatic carbocycles. The van der Waals surface area contributed by atoms with Crippen molar-refractivity contribution >= 4 is 45.0 Å². The molecule has 0 spiro atoms. The first-order chi connectivity index (χ1) is 12.6. The van der Waals surface area contributed by atoms with Gasteiger partial charge in [0.15, 0.2) is 0 Å². The average Bonchev–Trinajstić information content (AvgIpc) is 2.93. The van der Waals surface area contributed by atoms with Crippen LogP contribution in [0.1, 0.15) is 32.1 Å². The molecule has 0 radical (unpaired) electrons. The van der Waals surface area contributed by atoms with Gasteiger partial charge in [0.25, 0.3) is 0 Å². The molecule has 4 rings (SSSR count). The van der Waals surface area contributed by atoms with E-state index in [0.717, 1.165) is 28.4 Å². The molecule has 1 aliphatic rings. The zero-order valence-corrected chi connectivity index (χ0v) is 16.3. The summed E-state index contributed by atoms with van der Waals surface area (Å²) in [7, 11) is 0. The van der Waals surface area contributed by atoms with Crippen molar-refractivity contribution in [3.63, 3.8) is 0 Å². The number of quaternary nitrogens is 1. The van der Waals surface area contributed by atoms with Gasteiger partial charge >= 0.3 is 0 Å². The van der Waals surface area contributed by atoms with Gasteiger partial charge in [-0.3, -0.25) is 0 Å². The van der Waals surface area contributed by atoms with Crippen molar-refractivity contribution in [3.05, 3.63) is 46.4 Å². The van der Waals surface area contributed by atoms with Crippen LogP contribution in [-0.4, -0.2) is 28.4 Å². The van der Waals surface area contributed by atoms with Gasteiger partial charge in [-0.05, 0) is 62.1 Å². The number of hydrogen-bond donors (Lipinski definition) is 2. The maximum absolute atomic E-state index is 10.7. The Kier molecular flexibility index (Phi) is 5.42. The van der Waals surface area contributed by atoms with E-state index in [1.807, 2.05) is 36.4 Å². The summed E-state index contributed by atoms with van der Waals surface area (Å²) < 4.78 is 2.19. The zero-order valence-electron chi connectivity index (χ0n) is 14.8. The lowest BCUT2D eigenvalue weighted by Crippen LogP contribution is -2.92. The summed E-state index contributed by atoms with van der Waals surface area (Å²) in [5, 5.41) is 16.6. The fourth-order valence-electron chi connectivity index (χ4n) is 4.25. The minimum absolute atomic E-state index is 0.387. The van der Waals surface area contributed by atoms with Crippen LogP contribution in [0.4, 0.5) is 0 Å². The highest BCUT2D eigenvalue weighted by atomic mass is 35.5. The smallest absolute Gasteiger partial charge is 0.121 e. The molecule has 138 valence electrons. The Bertz CT molecular complexity index is 856. The second-order valence-corrected chi connectivity index (χ2v) is 8.33. The molecule has 1 atom stereocenters. The van der Waals surface area contributed by atoms with Gasteiger partial charge in [0, 0.05) is 31.9 Å². The lowest BCUT2D eigenvalue weighted by atomic mass is 9.95. The van der Waals surface area contributed by atoms with Crippen LogP contribution >= 0.6 is 23.2 Å². The molecule has 0 unspecified atom stereocenters. The largest absolute Gasteiger partial charge is 0.385 e. The van der Waals surface area contributed by atoms with Crippen molar-refractivity contribution in [3.8, 4) is 0 Å². The second kappa shape index (κ2) is 7.77. The summed E-state index contributed by atoms with van der Waals surface area (Å²) >= 11 is 12.4. The number of benzene rings is 2. The number of nitrogens with two attached hydrogens (primary N) is 1. The van der Waals surface area contributed by atoms with Gasteiger partial charge in [-0.2, -0.15) is 0 Å². The number of rotatable bonds is 5. The first-order valence-corrected chi connectivity index (χ1v) is 10.3. The molecule has 5 heteroatoms. The maximum Gasteiger partial charge on any atom is 0.121 e. The Hall–Kier alpha value is -1.26. The van der Waals surface area contributed by atoms with Crippen molar-refractivity contribution in [2.45, 2.75) is 50.8 Å². The number of nitrogens with zero attached hydrogens (tertiary/aromatic N) is 1. The van der Waals surface area contributed by atoms with E-state index in [1.54, 1.807) is 0 Å². The molecule has 1 saturated carbocycles. The first-order valence-electron chi connectivity index (χ1n) is 9.50. The molecule has 0 bridgehead atoms. The molecule has 1 fully saturated rings. The van der Waals surface area contributed by atoms with E-state index >= 15 is 0 Å². The monoisotopic (exact) mass is 391 g/mol. The van der Waals surface area contributed by atoms with Crippen LogP contribution in [0.3, 0.4) is 0 Å². The maximum atomic E-state index is 10.7. The van der Waals surface area contributed by atoms with Gasteiger partial charge < -0.3 is 15.0 Å². The van der Waals surface area contributed by atoms with Crippen LogP contribution in [0.15, 0.2) is 36.4 Å². The van der Waals surface area contributed by atoms with Crippen LogP contribution in [0, 0.1) is 0 Å². The highest BCUT2D eigenvalue weighted by molar-refractivity contribution is 6.33. The molecule has 0 amide bonds. The Morgan fingerprint density at radius 1 is 0.962 bits per heavy atom. The van der Waals surface area contributed by atoms with Gasteiger partial charge in [-0.1, -0.05) is 29.6 Å². The van der Waals surface area contributed by atoms with E-state index in [2.05, 4.69) is 9.88 Å². The predicted octanol–water partition coefficient (Wildman–Crippen LogP) is 4.36. The molecule has 0 saturated heterocycles. The Morgan fingerprint density at radius 2 is 1.54 bits per heavy atom. The van der Waals surface area contributed by atoms with Gasteiger partial charge in [0.05, 0.1) is 12.6 Å². The van der Waals surface area contributed by atoms with E-state index in [0.29, 0.717) is 22.6 Å². The lowest BCUT2D eigenvalue weighted by molar-refractivity contribution is -0.697. The highest BCUT2D eigenvalue weighted by Crippen LogP contribution is 2.33. The first kappa shape index (κ1) is 18.1. The SMILES string of the molecule is O[C@@H](C[NH2+]C1CCCCC1)Cn1c2ccc(Cl)cc2c2cc(Cl)ccc21. The summed E-state index contributed by atoms with van der Waals surface area (Å²) in [6, 6.07) is 12.5. The third kappa shape index (κ3) is 3.72. The summed E-state index contributed by atoms with van der Waals surface area (Å²) in [6.07, 6.45) is 6.18. The van der Waals surface area contributed by atoms with Gasteiger partial charge in [0.1, 0.15) is 12.6 Å². The standard InChI is InChI=1S/C21H24Cl2N2O/c22-14-6-8-20-18(10-14)19-11-15(23)7-9-21(19)25(20)13-17(26)12-24-16-4-2-1-3-5-16/h6-11,16-17,24,26H,1-5,12-13H2/p+1/t17-/m0/s1. The van der Waals surface area contributed by atoms with Crippen molar-refractivity contribution in [1.82, 2.24) is 4.57 Å². The average molecular weight is 392 g/mol. The molecule has 1 aliphatic carbocycles. The fraction of sp³-hybridized carbons (Fsp3) is 0.429. The number of aliphatic hydroxyl groups excluding tert-OH is 1. The Morgan fingerprint density at radius 3 is 2.12 bits per heavy atom. The van der Waals surface area contributed by atoms with E-state index < -0.39 is 0 Å². The summed E-state index contributed by atoms with van der Waals surface area (Å²) in [4.78, 5) is 0. The predicted molar refractivity (Wildman–Crippen MR) is 109 cm³/mol. The van der Waals surface area contributed by atoms with Gasteiger partial charge in [-0.25, -0.2) is 0 Å². The third-order valence-corrected chi connectivity index (χ3v) is 6.04. The quantitative estimate of drug-likeness (QED) is 0.666. The number of aliphatic hydroxyl groups is 1. The molecule has 26 heavy (non-hydrogen) atoms. The number of halogens is 2. The number of aromatic nitrogens is 1. The number of fused-ring (bicyclic) bond motifs is 3. The van der Waals surface area contributed by atoms with Crippen LogP contribution < -0.4 is 5.32 Å². The molecular formula is C21H25Cl2N2O+. The molecule has 0 aliphatic heterocycles. The van der Waals surface area contributed by atoms with Crippen LogP contribution in [-0.2, 0) is 6.54 Å². The molecule has 3 N–H and O–H groups in total. The van der Waals surface area contributed by atoms with E-state index in [4.69, 9.17) is 23.2 Å². The molecule has 1 aromatic heterocycles. The summed E-state index contributed by atoms with van der Waals surface area (Å²) in [5.41, 5.74) is 2.17. The van der Waals surface area contributed by atoms with Crippen LogP contribution in [0.25, 0.3) is 21.8 Å². The Labute approximate surface area is 163 Å². The minimum atomic E-state index is -0.387. The topological polar surface area (TPSA) is 41.8 Å². The molecular weight excluding hydrogens is 367 g/mol. The number of hydrogen-bond acceptors (Lipinski definition) is 1. The van der Waals surface area contributed by atoms with Gasteiger partial charge in [0.2, 0.25) is 0 Å². The van der Waals surface area contributed by atoms with Crippen LogP contribution in [0.2, 0.25) is 10.0 Å². The van der Waals surface area contributed by atoms with Gasteiger partial charge in [-0.15, -0.1) is 0 Å². The zero-order chi connectivity index (χ0) is 18.1. The normalized spacial score (nSPS) is 17.2. The third-order valence-electron chi connectivity index (χ3n) is 5.57. The highest BCUT2D eigenvalue weighted by Gasteiger charge is 2.19. The summed E-state index contributed by atoms with van der Waals surface area (Å²) in [5.74, 6) is 0. The molecule has 1 heterocycles. The van der Waals surface area contributed by atoms with Crippen molar-refractivity contribution in [2.75, 3.05) is 6.54 Å². The van der Waals surface area contributed by atoms with Crippen LogP contribution in [0.5, 0.6) is 0 Å². The Balaban J connectivity index is 1.60. The van der Waals surface area contributed by atoms with E-state index in [-0.39, 0.29) is 6.10 Å². The minimum Gasteiger partial charge on any atom is -0.385 e. The molecule has 3 nitrogen and oxygen atoms in total. The van der Waals surface area contributed by atoms with Crippen molar-refractivity contribution in [2.24, 2.45) is 0 Å². The van der Waals surface area contributed by atoms with E-state index in [1.165, 1.54) is 32.1 Å². The summed E-state index contributed by atoms with van der Waals surface area (Å²) in [6.45, 7) is 1.32. The molecule has 3 aromatic rings. The fourth-order valence-corrected chi connectivity index (χ4v) is 4.59. The van der Waals surface area contributed by atoms with Crippen molar-refractivity contribution in [1.29, 1.82) is 0 Å². The van der Waals surface area contributed by atoms with Crippen molar-refractivity contribution < 1.29 is 10.4 Å². The van der Waals surface area contributed by atoms with E-state index in [9.17, 15) is 5.11 Å².